The molecule has 0 aromatic heterocycles. The Labute approximate surface area is 91.8 Å². The molecule has 0 aliphatic rings. The summed E-state index contributed by atoms with van der Waals surface area (Å²) < 4.78 is 23.9. The molecule has 3 nitrogen and oxygen atoms in total. The van der Waals surface area contributed by atoms with E-state index in [2.05, 4.69) is 15.9 Å². The maximum absolute atomic E-state index is 11.6. The predicted molar refractivity (Wildman–Crippen MR) is 57.9 cm³/mol. The minimum atomic E-state index is -3.36. The quantitative estimate of drug-likeness (QED) is 0.914. The summed E-state index contributed by atoms with van der Waals surface area (Å²) in [6.07, 6.45) is -0.848. The zero-order valence-corrected chi connectivity index (χ0v) is 10.0. The Morgan fingerprint density at radius 3 is 2.64 bits per heavy atom. The topological polar surface area (TPSA) is 54.4 Å². The highest BCUT2D eigenvalue weighted by Gasteiger charge is 2.16. The Hall–Kier alpha value is -0.390. The predicted octanol–water partition coefficient (Wildman–Crippen LogP) is 1.60. The number of hydrogen-bond donors (Lipinski definition) is 1. The Morgan fingerprint density at radius 1 is 1.50 bits per heavy atom. The number of halogens is 1. The lowest BCUT2D eigenvalue weighted by Crippen LogP contribution is -2.17. The van der Waals surface area contributed by atoms with E-state index in [4.69, 9.17) is 5.11 Å². The van der Waals surface area contributed by atoms with Crippen LogP contribution >= 0.6 is 15.9 Å². The number of aliphatic hydroxyl groups is 1. The average molecular weight is 279 g/mol. The molecule has 0 aliphatic carbocycles. The van der Waals surface area contributed by atoms with Crippen LogP contribution in [0.5, 0.6) is 0 Å². The highest BCUT2D eigenvalue weighted by molar-refractivity contribution is 9.10. The van der Waals surface area contributed by atoms with E-state index in [1.807, 2.05) is 0 Å². The second-order valence-corrected chi connectivity index (χ2v) is 6.04. The molecule has 1 aromatic rings. The summed E-state index contributed by atoms with van der Waals surface area (Å²) in [5.74, 6) is -0.247. The average Bonchev–Trinajstić information content (AvgIpc) is 2.01. The van der Waals surface area contributed by atoms with Crippen molar-refractivity contribution in [1.29, 1.82) is 0 Å². The molecule has 1 N–H and O–H groups in total. The molecule has 78 valence electrons. The summed E-state index contributed by atoms with van der Waals surface area (Å²) in [5.41, 5.74) is 0. The van der Waals surface area contributed by atoms with Crippen LogP contribution in [0.15, 0.2) is 33.6 Å². The van der Waals surface area contributed by atoms with Crippen molar-refractivity contribution in [2.45, 2.75) is 17.9 Å². The van der Waals surface area contributed by atoms with Crippen molar-refractivity contribution < 1.29 is 13.5 Å². The van der Waals surface area contributed by atoms with Crippen molar-refractivity contribution in [2.24, 2.45) is 0 Å². The first kappa shape index (κ1) is 11.7. The second kappa shape index (κ2) is 4.42. The van der Waals surface area contributed by atoms with E-state index in [0.717, 1.165) is 0 Å². The number of hydrogen-bond acceptors (Lipinski definition) is 3. The summed E-state index contributed by atoms with van der Waals surface area (Å²) in [6.45, 7) is 1.45. The van der Waals surface area contributed by atoms with Gasteiger partial charge in [-0.05, 0) is 25.1 Å². The van der Waals surface area contributed by atoms with Crippen LogP contribution in [-0.4, -0.2) is 25.4 Å². The fourth-order valence-electron chi connectivity index (χ4n) is 1.07. The van der Waals surface area contributed by atoms with Crippen LogP contribution in [0.1, 0.15) is 6.92 Å². The van der Waals surface area contributed by atoms with Crippen molar-refractivity contribution in [1.82, 2.24) is 0 Å². The van der Waals surface area contributed by atoms with Crippen molar-refractivity contribution in [3.63, 3.8) is 0 Å². The van der Waals surface area contributed by atoms with Crippen LogP contribution in [0.4, 0.5) is 0 Å². The van der Waals surface area contributed by atoms with Crippen LogP contribution in [0.2, 0.25) is 0 Å². The van der Waals surface area contributed by atoms with Crippen molar-refractivity contribution in [3.05, 3.63) is 28.7 Å². The summed E-state index contributed by atoms with van der Waals surface area (Å²) in [4.78, 5) is 0.229. The first-order chi connectivity index (χ1) is 6.42. The monoisotopic (exact) mass is 278 g/mol. The number of rotatable bonds is 3. The van der Waals surface area contributed by atoms with Gasteiger partial charge in [0.2, 0.25) is 0 Å². The third-order valence-corrected chi connectivity index (χ3v) is 4.00. The number of benzene rings is 1. The van der Waals surface area contributed by atoms with Crippen molar-refractivity contribution in [2.75, 3.05) is 5.75 Å². The van der Waals surface area contributed by atoms with Gasteiger partial charge in [0.05, 0.1) is 16.8 Å². The lowest BCUT2D eigenvalue weighted by atomic mass is 10.4. The van der Waals surface area contributed by atoms with E-state index in [1.54, 1.807) is 12.1 Å². The Morgan fingerprint density at radius 2 is 2.14 bits per heavy atom. The van der Waals surface area contributed by atoms with E-state index in [0.29, 0.717) is 4.47 Å². The van der Waals surface area contributed by atoms with Crippen LogP contribution < -0.4 is 0 Å². The Balaban J connectivity index is 3.05. The minimum Gasteiger partial charge on any atom is -0.392 e. The molecule has 1 atom stereocenters. The molecule has 5 heteroatoms. The summed E-state index contributed by atoms with van der Waals surface area (Å²) in [5, 5.41) is 9.03. The van der Waals surface area contributed by atoms with Gasteiger partial charge in [-0.1, -0.05) is 22.0 Å². The molecule has 0 bridgehead atoms. The zero-order valence-electron chi connectivity index (χ0n) is 7.64. The van der Waals surface area contributed by atoms with Gasteiger partial charge in [0.25, 0.3) is 0 Å². The normalized spacial score (nSPS) is 13.9. The fourth-order valence-corrected chi connectivity index (χ4v) is 3.04. The van der Waals surface area contributed by atoms with Gasteiger partial charge in [0, 0.05) is 4.47 Å². The van der Waals surface area contributed by atoms with Crippen LogP contribution in [-0.2, 0) is 9.84 Å². The summed E-state index contributed by atoms with van der Waals surface area (Å²) in [7, 11) is -3.36. The van der Waals surface area contributed by atoms with E-state index >= 15 is 0 Å². The van der Waals surface area contributed by atoms with Gasteiger partial charge in [-0.15, -0.1) is 0 Å². The van der Waals surface area contributed by atoms with E-state index in [9.17, 15) is 8.42 Å². The molecule has 0 spiro atoms. The molecule has 1 rings (SSSR count). The van der Waals surface area contributed by atoms with Crippen LogP contribution in [0.3, 0.4) is 0 Å². The highest BCUT2D eigenvalue weighted by Crippen LogP contribution is 2.17. The molecular formula is C9H11BrO3S. The molecule has 0 radical (unpaired) electrons. The standard InChI is InChI=1S/C9H11BrO3S/c1-7(11)6-14(12,13)9-4-2-3-8(10)5-9/h2-5,7,11H,6H2,1H3/t7-/m1/s1. The van der Waals surface area contributed by atoms with Gasteiger partial charge < -0.3 is 5.11 Å². The fraction of sp³-hybridized carbons (Fsp3) is 0.333. The molecule has 14 heavy (non-hydrogen) atoms. The number of sulfone groups is 1. The molecule has 0 heterocycles. The number of aliphatic hydroxyl groups excluding tert-OH is 1. The third-order valence-electron chi connectivity index (χ3n) is 1.62. The SMILES string of the molecule is C[C@@H](O)CS(=O)(=O)c1cccc(Br)c1. The first-order valence-electron chi connectivity index (χ1n) is 4.08. The Kier molecular flexibility index (Phi) is 3.69. The molecule has 0 fully saturated rings. The minimum absolute atomic E-state index is 0.229. The van der Waals surface area contributed by atoms with Crippen molar-refractivity contribution >= 4 is 25.8 Å². The largest absolute Gasteiger partial charge is 0.392 e. The first-order valence-corrected chi connectivity index (χ1v) is 6.53. The second-order valence-electron chi connectivity index (χ2n) is 3.09. The highest BCUT2D eigenvalue weighted by atomic mass is 79.9. The summed E-state index contributed by atoms with van der Waals surface area (Å²) >= 11 is 3.19. The van der Waals surface area contributed by atoms with Crippen LogP contribution in [0, 0.1) is 0 Å². The molecule has 0 amide bonds. The van der Waals surface area contributed by atoms with E-state index in [-0.39, 0.29) is 10.6 Å². The molecule has 1 aromatic carbocycles. The third kappa shape index (κ3) is 3.08. The van der Waals surface area contributed by atoms with Gasteiger partial charge in [0.1, 0.15) is 0 Å². The van der Waals surface area contributed by atoms with Gasteiger partial charge >= 0.3 is 0 Å². The van der Waals surface area contributed by atoms with Gasteiger partial charge in [-0.2, -0.15) is 0 Å². The molecule has 0 aliphatic heterocycles. The zero-order chi connectivity index (χ0) is 10.8. The molecule has 0 saturated carbocycles. The lowest BCUT2D eigenvalue weighted by molar-refractivity contribution is 0.218. The maximum atomic E-state index is 11.6. The van der Waals surface area contributed by atoms with Gasteiger partial charge in [-0.3, -0.25) is 0 Å². The molecular weight excluding hydrogens is 268 g/mol. The maximum Gasteiger partial charge on any atom is 0.180 e. The Bertz CT molecular complexity index is 412. The van der Waals surface area contributed by atoms with Crippen LogP contribution in [0.25, 0.3) is 0 Å². The van der Waals surface area contributed by atoms with Gasteiger partial charge in [0.15, 0.2) is 9.84 Å². The molecule has 0 unspecified atom stereocenters. The lowest BCUT2D eigenvalue weighted by Gasteiger charge is -2.06. The summed E-state index contributed by atoms with van der Waals surface area (Å²) in [6, 6.07) is 6.45. The van der Waals surface area contributed by atoms with E-state index < -0.39 is 15.9 Å². The van der Waals surface area contributed by atoms with Crippen molar-refractivity contribution in [3.8, 4) is 0 Å². The van der Waals surface area contributed by atoms with Gasteiger partial charge in [-0.25, -0.2) is 8.42 Å². The molecule has 0 saturated heterocycles. The smallest absolute Gasteiger partial charge is 0.180 e. The van der Waals surface area contributed by atoms with E-state index in [1.165, 1.54) is 19.1 Å².